The van der Waals surface area contributed by atoms with Crippen molar-refractivity contribution in [3.8, 4) is 5.75 Å². The van der Waals surface area contributed by atoms with Crippen LogP contribution in [-0.2, 0) is 9.47 Å². The molecule has 1 atom stereocenters. The van der Waals surface area contributed by atoms with E-state index in [9.17, 15) is 9.59 Å². The molecule has 0 saturated carbocycles. The molecule has 0 bridgehead atoms. The second-order valence-corrected chi connectivity index (χ2v) is 9.64. The normalized spacial score (nSPS) is 16.1. The fourth-order valence-electron chi connectivity index (χ4n) is 3.56. The van der Waals surface area contributed by atoms with Crippen molar-refractivity contribution >= 4 is 29.4 Å². The van der Waals surface area contributed by atoms with E-state index in [1.54, 1.807) is 17.0 Å². The number of hydrogen-bond acceptors (Lipinski definition) is 6. The lowest BCUT2D eigenvalue weighted by Crippen LogP contribution is -2.44. The van der Waals surface area contributed by atoms with Crippen LogP contribution in [0.4, 0.5) is 10.5 Å². The molecule has 0 radical (unpaired) electrons. The predicted octanol–water partition coefficient (Wildman–Crippen LogP) is 5.36. The summed E-state index contributed by atoms with van der Waals surface area (Å²) >= 11 is 6.42. The van der Waals surface area contributed by atoms with E-state index >= 15 is 0 Å². The Morgan fingerprint density at radius 3 is 2.29 bits per heavy atom. The van der Waals surface area contributed by atoms with E-state index in [1.807, 2.05) is 34.6 Å². The third-order valence-electron chi connectivity index (χ3n) is 5.10. The Balaban J connectivity index is 2.10. The minimum Gasteiger partial charge on any atom is -0.487 e. The minimum absolute atomic E-state index is 0.0746. The van der Waals surface area contributed by atoms with E-state index in [4.69, 9.17) is 25.8 Å². The van der Waals surface area contributed by atoms with Gasteiger partial charge in [0.2, 0.25) is 0 Å². The molecule has 7 nitrogen and oxygen atoms in total. The fraction of sp³-hybridized carbons (Fsp3) is 0.652. The SMILES string of the molecule is COC(=O)c1cc(Cl)c(OC(C)C)c(N[C@@H](C)C2CCN(C(=O)OC(C)(C)C)CC2)c1. The van der Waals surface area contributed by atoms with Crippen LogP contribution in [-0.4, -0.2) is 54.9 Å². The summed E-state index contributed by atoms with van der Waals surface area (Å²) in [6.45, 7) is 12.8. The number of esters is 1. The average Bonchev–Trinajstić information content (AvgIpc) is 2.68. The number of carbonyl (C=O) groups is 2. The number of amides is 1. The maximum Gasteiger partial charge on any atom is 0.410 e. The number of methoxy groups -OCH3 is 1. The summed E-state index contributed by atoms with van der Waals surface area (Å²) < 4.78 is 16.2. The van der Waals surface area contributed by atoms with Gasteiger partial charge >= 0.3 is 12.1 Å². The molecule has 1 aliphatic rings. The summed E-state index contributed by atoms with van der Waals surface area (Å²) in [4.78, 5) is 26.1. The van der Waals surface area contributed by atoms with Crippen molar-refractivity contribution in [2.24, 2.45) is 5.92 Å². The van der Waals surface area contributed by atoms with Crippen molar-refractivity contribution in [3.63, 3.8) is 0 Å². The molecule has 174 valence electrons. The van der Waals surface area contributed by atoms with Crippen LogP contribution in [0.1, 0.15) is 64.7 Å². The zero-order valence-electron chi connectivity index (χ0n) is 19.6. The number of nitrogens with zero attached hydrogens (tertiary/aromatic N) is 1. The number of halogens is 1. The third kappa shape index (κ3) is 7.20. The maximum atomic E-state index is 12.3. The molecule has 0 spiro atoms. The number of nitrogens with one attached hydrogen (secondary N) is 1. The number of carbonyl (C=O) groups excluding carboxylic acids is 2. The number of ether oxygens (including phenoxy) is 3. The van der Waals surface area contributed by atoms with Gasteiger partial charge < -0.3 is 24.4 Å². The van der Waals surface area contributed by atoms with Gasteiger partial charge in [0.15, 0.2) is 5.75 Å². The van der Waals surface area contributed by atoms with Gasteiger partial charge in [0.1, 0.15) is 5.60 Å². The lowest BCUT2D eigenvalue weighted by molar-refractivity contribution is 0.0179. The van der Waals surface area contributed by atoms with Crippen molar-refractivity contribution < 1.29 is 23.8 Å². The van der Waals surface area contributed by atoms with Gasteiger partial charge in [0.05, 0.1) is 29.5 Å². The van der Waals surface area contributed by atoms with E-state index < -0.39 is 11.6 Å². The largest absolute Gasteiger partial charge is 0.487 e. The van der Waals surface area contributed by atoms with Gasteiger partial charge in [-0.25, -0.2) is 9.59 Å². The second-order valence-electron chi connectivity index (χ2n) is 9.23. The van der Waals surface area contributed by atoms with Crippen LogP contribution in [0.15, 0.2) is 12.1 Å². The van der Waals surface area contributed by atoms with Crippen molar-refractivity contribution in [1.82, 2.24) is 4.90 Å². The van der Waals surface area contributed by atoms with Crippen LogP contribution in [0.5, 0.6) is 5.75 Å². The standard InChI is InChI=1S/C23H35ClN2O5/c1-14(2)30-20-18(24)12-17(21(27)29-7)13-19(20)25-15(3)16-8-10-26(11-9-16)22(28)31-23(4,5)6/h12-16,25H,8-11H2,1-7H3/t15-/m0/s1. The molecule has 1 aromatic rings. The monoisotopic (exact) mass is 454 g/mol. The van der Waals surface area contributed by atoms with Crippen LogP contribution in [0.2, 0.25) is 5.02 Å². The van der Waals surface area contributed by atoms with Gasteiger partial charge in [-0.2, -0.15) is 0 Å². The van der Waals surface area contributed by atoms with Gasteiger partial charge in [-0.15, -0.1) is 0 Å². The highest BCUT2D eigenvalue weighted by Crippen LogP contribution is 2.37. The van der Waals surface area contributed by atoms with Crippen LogP contribution < -0.4 is 10.1 Å². The zero-order valence-corrected chi connectivity index (χ0v) is 20.3. The number of hydrogen-bond donors (Lipinski definition) is 1. The summed E-state index contributed by atoms with van der Waals surface area (Å²) in [5.41, 5.74) is 0.515. The smallest absolute Gasteiger partial charge is 0.410 e. The van der Waals surface area contributed by atoms with Gasteiger partial charge in [-0.1, -0.05) is 11.6 Å². The maximum absolute atomic E-state index is 12.3. The fourth-order valence-corrected chi connectivity index (χ4v) is 3.83. The molecule has 1 saturated heterocycles. The first-order valence-corrected chi connectivity index (χ1v) is 11.1. The number of likely N-dealkylation sites (tertiary alicyclic amines) is 1. The van der Waals surface area contributed by atoms with Crippen molar-refractivity contribution in [2.45, 2.75) is 72.1 Å². The first-order chi connectivity index (χ1) is 14.4. The number of anilines is 1. The summed E-state index contributed by atoms with van der Waals surface area (Å²) in [5.74, 6) is 0.396. The summed E-state index contributed by atoms with van der Waals surface area (Å²) in [7, 11) is 1.34. The topological polar surface area (TPSA) is 77.1 Å². The van der Waals surface area contributed by atoms with Gasteiger partial charge in [0, 0.05) is 19.1 Å². The third-order valence-corrected chi connectivity index (χ3v) is 5.38. The molecule has 1 fully saturated rings. The molecule has 2 rings (SSSR count). The molecule has 0 unspecified atom stereocenters. The van der Waals surface area contributed by atoms with E-state index in [2.05, 4.69) is 12.2 Å². The Hall–Kier alpha value is -2.15. The molecular weight excluding hydrogens is 420 g/mol. The summed E-state index contributed by atoms with van der Waals surface area (Å²) in [6.07, 6.45) is 1.35. The van der Waals surface area contributed by atoms with Crippen molar-refractivity contribution in [1.29, 1.82) is 0 Å². The molecule has 1 N–H and O–H groups in total. The van der Waals surface area contributed by atoms with E-state index in [0.717, 1.165) is 12.8 Å². The van der Waals surface area contributed by atoms with Gasteiger partial charge in [0.25, 0.3) is 0 Å². The molecule has 1 aromatic carbocycles. The number of piperidine rings is 1. The van der Waals surface area contributed by atoms with Crippen LogP contribution in [0.25, 0.3) is 0 Å². The Labute approximate surface area is 190 Å². The average molecular weight is 455 g/mol. The molecule has 8 heteroatoms. The highest BCUT2D eigenvalue weighted by atomic mass is 35.5. The minimum atomic E-state index is -0.500. The Kier molecular flexibility index (Phi) is 8.46. The molecule has 1 heterocycles. The first-order valence-electron chi connectivity index (χ1n) is 10.7. The number of rotatable bonds is 6. The number of benzene rings is 1. The summed E-state index contributed by atoms with van der Waals surface area (Å²) in [5, 5.41) is 3.83. The highest BCUT2D eigenvalue weighted by Gasteiger charge is 2.30. The van der Waals surface area contributed by atoms with E-state index in [-0.39, 0.29) is 18.2 Å². The predicted molar refractivity (Wildman–Crippen MR) is 122 cm³/mol. The Morgan fingerprint density at radius 1 is 1.16 bits per heavy atom. The molecule has 0 aliphatic carbocycles. The highest BCUT2D eigenvalue weighted by molar-refractivity contribution is 6.33. The van der Waals surface area contributed by atoms with Gasteiger partial charge in [-0.05, 0) is 72.4 Å². The lowest BCUT2D eigenvalue weighted by atomic mass is 9.90. The lowest BCUT2D eigenvalue weighted by Gasteiger charge is -2.36. The van der Waals surface area contributed by atoms with Crippen LogP contribution in [0, 0.1) is 5.92 Å². The Bertz CT molecular complexity index is 783. The molecule has 31 heavy (non-hydrogen) atoms. The zero-order chi connectivity index (χ0) is 23.3. The molecule has 1 amide bonds. The second kappa shape index (κ2) is 10.4. The first kappa shape index (κ1) is 25.1. The van der Waals surface area contributed by atoms with Crippen molar-refractivity contribution in [3.05, 3.63) is 22.7 Å². The molecule has 0 aromatic heterocycles. The van der Waals surface area contributed by atoms with Gasteiger partial charge in [-0.3, -0.25) is 0 Å². The molecular formula is C23H35ClN2O5. The van der Waals surface area contributed by atoms with E-state index in [1.165, 1.54) is 7.11 Å². The van der Waals surface area contributed by atoms with Crippen molar-refractivity contribution in [2.75, 3.05) is 25.5 Å². The molecule has 1 aliphatic heterocycles. The van der Waals surface area contributed by atoms with Crippen LogP contribution >= 0.6 is 11.6 Å². The van der Waals surface area contributed by atoms with E-state index in [0.29, 0.717) is 41.0 Å². The Morgan fingerprint density at radius 2 is 1.77 bits per heavy atom. The quantitative estimate of drug-likeness (QED) is 0.583. The summed E-state index contributed by atoms with van der Waals surface area (Å²) in [6, 6.07) is 3.35. The van der Waals surface area contributed by atoms with Crippen LogP contribution in [0.3, 0.4) is 0 Å².